The van der Waals surface area contributed by atoms with E-state index in [-0.39, 0.29) is 23.4 Å². The number of phenols is 1. The number of carboxylic acids is 1. The largest absolute Gasteiger partial charge is 0.508 e. The molecule has 0 saturated carbocycles. The number of nitrogens with one attached hydrogen (secondary N) is 1. The Morgan fingerprint density at radius 3 is 2.37 bits per heavy atom. The van der Waals surface area contributed by atoms with Gasteiger partial charge in [-0.15, -0.1) is 0 Å². The number of hydrogen-bond donors (Lipinski definition) is 3. The lowest BCUT2D eigenvalue weighted by molar-refractivity contribution is -0.139. The molecule has 1 heterocycles. The number of carbonyl (C=O) groups excluding carboxylic acids is 1. The number of fused-ring (bicyclic) bond motifs is 1. The van der Waals surface area contributed by atoms with Crippen LogP contribution in [0.5, 0.6) is 5.75 Å². The molecule has 0 aliphatic rings. The molecule has 0 aliphatic heterocycles. The van der Waals surface area contributed by atoms with Gasteiger partial charge in [0.2, 0.25) is 0 Å². The average Bonchev–Trinajstić information content (AvgIpc) is 2.65. The molecule has 0 aliphatic carbocycles. The van der Waals surface area contributed by atoms with Crippen molar-refractivity contribution < 1.29 is 19.8 Å². The highest BCUT2D eigenvalue weighted by Crippen LogP contribution is 2.14. The zero-order valence-corrected chi connectivity index (χ0v) is 14.4. The van der Waals surface area contributed by atoms with Gasteiger partial charge in [0.05, 0.1) is 5.39 Å². The van der Waals surface area contributed by atoms with Crippen molar-refractivity contribution in [3.05, 3.63) is 70.1 Å². The maximum Gasteiger partial charge on any atom is 0.326 e. The van der Waals surface area contributed by atoms with Gasteiger partial charge < -0.3 is 15.5 Å². The van der Waals surface area contributed by atoms with Crippen LogP contribution in [0.2, 0.25) is 0 Å². The molecular formula is C19H17N3O5. The molecule has 0 spiro atoms. The predicted molar refractivity (Wildman–Crippen MR) is 97.7 cm³/mol. The van der Waals surface area contributed by atoms with E-state index in [1.807, 2.05) is 0 Å². The summed E-state index contributed by atoms with van der Waals surface area (Å²) >= 11 is 0. The monoisotopic (exact) mass is 367 g/mol. The second-order valence-corrected chi connectivity index (χ2v) is 6.06. The molecule has 0 fully saturated rings. The number of aliphatic carboxylic acids is 1. The van der Waals surface area contributed by atoms with Gasteiger partial charge in [-0.3, -0.25) is 9.59 Å². The van der Waals surface area contributed by atoms with Gasteiger partial charge in [-0.05, 0) is 23.8 Å². The van der Waals surface area contributed by atoms with E-state index < -0.39 is 17.9 Å². The summed E-state index contributed by atoms with van der Waals surface area (Å²) in [4.78, 5) is 36.4. The molecule has 3 aromatic rings. The Morgan fingerprint density at radius 2 is 1.74 bits per heavy atom. The maximum absolute atomic E-state index is 12.7. The molecular weight excluding hydrogens is 350 g/mol. The highest BCUT2D eigenvalue weighted by atomic mass is 16.4. The van der Waals surface area contributed by atoms with Gasteiger partial charge >= 0.3 is 5.97 Å². The highest BCUT2D eigenvalue weighted by Gasteiger charge is 2.24. The molecule has 0 saturated heterocycles. The first-order chi connectivity index (χ1) is 12.9. The Labute approximate surface area is 153 Å². The van der Waals surface area contributed by atoms with Crippen LogP contribution < -0.4 is 10.9 Å². The number of phenolic OH excluding ortho intramolecular Hbond substituents is 1. The molecule has 2 aromatic carbocycles. The Bertz CT molecular complexity index is 1070. The van der Waals surface area contributed by atoms with E-state index in [1.54, 1.807) is 36.4 Å². The number of aromatic hydroxyl groups is 1. The molecule has 3 rings (SSSR count). The number of amides is 1. The van der Waals surface area contributed by atoms with Crippen LogP contribution in [0.3, 0.4) is 0 Å². The fourth-order valence-electron chi connectivity index (χ4n) is 2.76. The van der Waals surface area contributed by atoms with E-state index in [4.69, 9.17) is 0 Å². The van der Waals surface area contributed by atoms with Crippen molar-refractivity contribution in [1.82, 2.24) is 15.1 Å². The minimum Gasteiger partial charge on any atom is -0.508 e. The highest BCUT2D eigenvalue weighted by molar-refractivity contribution is 6.05. The molecule has 27 heavy (non-hydrogen) atoms. The number of benzene rings is 2. The van der Waals surface area contributed by atoms with E-state index in [1.165, 1.54) is 19.2 Å². The first-order valence-corrected chi connectivity index (χ1v) is 8.14. The van der Waals surface area contributed by atoms with Gasteiger partial charge in [0.15, 0.2) is 5.69 Å². The van der Waals surface area contributed by atoms with Gasteiger partial charge in [-0.25, -0.2) is 9.48 Å². The SMILES string of the molecule is Cn1nc(C(=O)NC(Cc2ccc(O)cc2)C(=O)O)c2ccccc2c1=O. The summed E-state index contributed by atoms with van der Waals surface area (Å²) in [5.41, 5.74) is 0.268. The van der Waals surface area contributed by atoms with Crippen LogP contribution in [0.25, 0.3) is 10.8 Å². The van der Waals surface area contributed by atoms with Crippen molar-refractivity contribution in [2.75, 3.05) is 0 Å². The van der Waals surface area contributed by atoms with Crippen molar-refractivity contribution in [2.45, 2.75) is 12.5 Å². The number of carboxylic acid groups (broad SMARTS) is 1. The van der Waals surface area contributed by atoms with Crippen LogP contribution in [-0.4, -0.2) is 37.9 Å². The number of carbonyl (C=O) groups is 2. The number of nitrogens with zero attached hydrogens (tertiary/aromatic N) is 2. The van der Waals surface area contributed by atoms with Crippen LogP contribution in [0.15, 0.2) is 53.3 Å². The lowest BCUT2D eigenvalue weighted by Gasteiger charge is -2.15. The molecule has 0 radical (unpaired) electrons. The van der Waals surface area contributed by atoms with E-state index in [9.17, 15) is 24.6 Å². The van der Waals surface area contributed by atoms with Crippen molar-refractivity contribution >= 4 is 22.6 Å². The molecule has 8 heteroatoms. The molecule has 0 bridgehead atoms. The topological polar surface area (TPSA) is 122 Å². The third kappa shape index (κ3) is 3.79. The zero-order chi connectivity index (χ0) is 19.6. The third-order valence-electron chi connectivity index (χ3n) is 4.15. The normalized spacial score (nSPS) is 11.9. The van der Waals surface area contributed by atoms with Crippen molar-refractivity contribution in [3.63, 3.8) is 0 Å². The lowest BCUT2D eigenvalue weighted by atomic mass is 10.1. The van der Waals surface area contributed by atoms with Gasteiger partial charge in [0.25, 0.3) is 11.5 Å². The maximum atomic E-state index is 12.7. The summed E-state index contributed by atoms with van der Waals surface area (Å²) in [5, 5.41) is 25.9. The summed E-state index contributed by atoms with van der Waals surface area (Å²) in [6.07, 6.45) is 0.0328. The third-order valence-corrected chi connectivity index (χ3v) is 4.15. The van der Waals surface area contributed by atoms with Gasteiger partial charge in [0.1, 0.15) is 11.8 Å². The number of aryl methyl sites for hydroxylation is 1. The Kier molecular flexibility index (Phi) is 4.89. The minimum atomic E-state index is -1.20. The second kappa shape index (κ2) is 7.28. The summed E-state index contributed by atoms with van der Waals surface area (Å²) in [5.74, 6) is -1.82. The van der Waals surface area contributed by atoms with E-state index >= 15 is 0 Å². The van der Waals surface area contributed by atoms with E-state index in [0.717, 1.165) is 4.68 Å². The van der Waals surface area contributed by atoms with E-state index in [2.05, 4.69) is 10.4 Å². The van der Waals surface area contributed by atoms with Gasteiger partial charge in [0, 0.05) is 18.9 Å². The zero-order valence-electron chi connectivity index (χ0n) is 14.4. The Morgan fingerprint density at radius 1 is 1.11 bits per heavy atom. The Hall–Kier alpha value is -3.68. The molecule has 8 nitrogen and oxygen atoms in total. The van der Waals surface area contributed by atoms with Crippen LogP contribution in [0, 0.1) is 0 Å². The van der Waals surface area contributed by atoms with Crippen LogP contribution in [0.4, 0.5) is 0 Å². The molecule has 1 unspecified atom stereocenters. The summed E-state index contributed by atoms with van der Waals surface area (Å²) < 4.78 is 1.05. The standard InChI is InChI=1S/C19H17N3O5/c1-22-18(25)14-5-3-2-4-13(14)16(21-22)17(24)20-15(19(26)27)10-11-6-8-12(23)9-7-11/h2-9,15,23H,10H2,1H3,(H,20,24)(H,26,27). The molecule has 1 atom stereocenters. The first-order valence-electron chi connectivity index (χ1n) is 8.14. The number of aromatic nitrogens is 2. The van der Waals surface area contributed by atoms with Gasteiger partial charge in [-0.2, -0.15) is 5.10 Å². The van der Waals surface area contributed by atoms with Crippen molar-refractivity contribution in [3.8, 4) is 5.75 Å². The van der Waals surface area contributed by atoms with Crippen molar-refractivity contribution in [1.29, 1.82) is 0 Å². The number of rotatable bonds is 5. The average molecular weight is 367 g/mol. The first kappa shape index (κ1) is 18.1. The van der Waals surface area contributed by atoms with Crippen LogP contribution in [-0.2, 0) is 18.3 Å². The van der Waals surface area contributed by atoms with Gasteiger partial charge in [-0.1, -0.05) is 30.3 Å². The predicted octanol–water partition coefficient (Wildman–Crippen LogP) is 1.06. The molecule has 1 amide bonds. The summed E-state index contributed by atoms with van der Waals surface area (Å²) in [6.45, 7) is 0. The Balaban J connectivity index is 1.92. The fraction of sp³-hybridized carbons (Fsp3) is 0.158. The van der Waals surface area contributed by atoms with E-state index in [0.29, 0.717) is 16.3 Å². The smallest absolute Gasteiger partial charge is 0.326 e. The molecule has 3 N–H and O–H groups in total. The second-order valence-electron chi connectivity index (χ2n) is 6.06. The minimum absolute atomic E-state index is 0.0235. The van der Waals surface area contributed by atoms with Crippen LogP contribution in [0.1, 0.15) is 16.1 Å². The number of hydrogen-bond acceptors (Lipinski definition) is 5. The van der Waals surface area contributed by atoms with Crippen LogP contribution >= 0.6 is 0 Å². The quantitative estimate of drug-likeness (QED) is 0.620. The summed E-state index contributed by atoms with van der Waals surface area (Å²) in [6, 6.07) is 11.4. The molecule has 1 aromatic heterocycles. The molecule has 138 valence electrons. The fourth-order valence-corrected chi connectivity index (χ4v) is 2.76. The lowest BCUT2D eigenvalue weighted by Crippen LogP contribution is -2.43. The van der Waals surface area contributed by atoms with Crippen molar-refractivity contribution in [2.24, 2.45) is 7.05 Å². The summed E-state index contributed by atoms with van der Waals surface area (Å²) in [7, 11) is 1.43.